The molecule has 0 aliphatic carbocycles. The molecular weight excluding hydrogens is 304 g/mol. The summed E-state index contributed by atoms with van der Waals surface area (Å²) in [7, 11) is 3.26. The van der Waals surface area contributed by atoms with Gasteiger partial charge in [0.1, 0.15) is 11.6 Å². The van der Waals surface area contributed by atoms with Crippen LogP contribution >= 0.6 is 15.9 Å². The molecule has 102 valence electrons. The second kappa shape index (κ2) is 6.08. The molecule has 0 heterocycles. The fourth-order valence-corrected chi connectivity index (χ4v) is 2.13. The van der Waals surface area contributed by atoms with Gasteiger partial charge >= 0.3 is 0 Å². The molecule has 0 spiro atoms. The van der Waals surface area contributed by atoms with E-state index in [1.807, 2.05) is 13.8 Å². The van der Waals surface area contributed by atoms with Gasteiger partial charge in [0.2, 0.25) is 0 Å². The van der Waals surface area contributed by atoms with Crippen molar-refractivity contribution in [1.29, 1.82) is 0 Å². The van der Waals surface area contributed by atoms with Crippen molar-refractivity contribution in [3.8, 4) is 0 Å². The van der Waals surface area contributed by atoms with Crippen molar-refractivity contribution in [2.24, 2.45) is 0 Å². The van der Waals surface area contributed by atoms with Gasteiger partial charge in [0, 0.05) is 18.7 Å². The molecule has 0 fully saturated rings. The largest absolute Gasteiger partial charge is 0.379 e. The van der Waals surface area contributed by atoms with E-state index in [9.17, 15) is 8.78 Å². The van der Waals surface area contributed by atoms with E-state index in [0.29, 0.717) is 6.42 Å². The molecule has 1 rings (SSSR count). The fourth-order valence-electron chi connectivity index (χ4n) is 1.79. The maximum Gasteiger partial charge on any atom is 0.145 e. The normalized spacial score (nSPS) is 13.7. The molecule has 0 saturated carbocycles. The summed E-state index contributed by atoms with van der Waals surface area (Å²) in [4.78, 5) is 0. The Balaban J connectivity index is 3.13. The van der Waals surface area contributed by atoms with Gasteiger partial charge in [-0.1, -0.05) is 0 Å². The van der Waals surface area contributed by atoms with Crippen molar-refractivity contribution < 1.29 is 13.5 Å². The Bertz CT molecular complexity index is 424. The van der Waals surface area contributed by atoms with E-state index in [-0.39, 0.29) is 10.0 Å². The van der Waals surface area contributed by atoms with Crippen LogP contribution in [0.5, 0.6) is 0 Å². The topological polar surface area (TPSA) is 21.3 Å². The van der Waals surface area contributed by atoms with Gasteiger partial charge in [-0.05, 0) is 55.4 Å². The lowest BCUT2D eigenvalue weighted by molar-refractivity contribution is 0.00690. The Morgan fingerprint density at radius 2 is 2.00 bits per heavy atom. The van der Waals surface area contributed by atoms with Crippen LogP contribution in [-0.2, 0) is 4.74 Å². The average molecular weight is 322 g/mol. The lowest BCUT2D eigenvalue weighted by Gasteiger charge is -2.29. The Morgan fingerprint density at radius 1 is 1.39 bits per heavy atom. The SMILES string of the molecule is CNC(CC(C)(C)OC)c1c(F)ccc(Br)c1F. The molecule has 5 heteroatoms. The number of ether oxygens (including phenoxy) is 1. The van der Waals surface area contributed by atoms with Crippen molar-refractivity contribution in [2.75, 3.05) is 14.2 Å². The fraction of sp³-hybridized carbons (Fsp3) is 0.538. The predicted molar refractivity (Wildman–Crippen MR) is 71.6 cm³/mol. The third-order valence-electron chi connectivity index (χ3n) is 3.02. The van der Waals surface area contributed by atoms with Crippen LogP contribution in [0.1, 0.15) is 31.9 Å². The maximum atomic E-state index is 14.0. The molecular formula is C13H18BrF2NO. The van der Waals surface area contributed by atoms with E-state index >= 15 is 0 Å². The van der Waals surface area contributed by atoms with Crippen molar-refractivity contribution in [3.05, 3.63) is 33.8 Å². The zero-order chi connectivity index (χ0) is 13.9. The highest BCUT2D eigenvalue weighted by Crippen LogP contribution is 2.32. The summed E-state index contributed by atoms with van der Waals surface area (Å²) < 4.78 is 33.4. The first-order chi connectivity index (χ1) is 8.32. The molecule has 0 bridgehead atoms. The number of halogens is 3. The first kappa shape index (κ1) is 15.5. The van der Waals surface area contributed by atoms with Crippen LogP contribution in [0.25, 0.3) is 0 Å². The van der Waals surface area contributed by atoms with Gasteiger partial charge in [-0.2, -0.15) is 0 Å². The second-order valence-electron chi connectivity index (χ2n) is 4.77. The van der Waals surface area contributed by atoms with Crippen LogP contribution in [-0.4, -0.2) is 19.8 Å². The number of nitrogens with one attached hydrogen (secondary N) is 1. The van der Waals surface area contributed by atoms with Gasteiger partial charge in [-0.3, -0.25) is 0 Å². The predicted octanol–water partition coefficient (Wildman–Crippen LogP) is 3.80. The Labute approximate surface area is 115 Å². The Kier molecular flexibility index (Phi) is 5.25. The molecule has 0 aromatic heterocycles. The minimum atomic E-state index is -0.568. The number of benzene rings is 1. The summed E-state index contributed by atoms with van der Waals surface area (Å²) in [6.45, 7) is 3.76. The summed E-state index contributed by atoms with van der Waals surface area (Å²) in [6, 6.07) is 2.17. The van der Waals surface area contributed by atoms with Crippen LogP contribution < -0.4 is 5.32 Å². The van der Waals surface area contributed by atoms with E-state index in [0.717, 1.165) is 0 Å². The first-order valence-corrected chi connectivity index (χ1v) is 6.47. The van der Waals surface area contributed by atoms with Crippen molar-refractivity contribution >= 4 is 15.9 Å². The van der Waals surface area contributed by atoms with E-state index in [1.165, 1.54) is 12.1 Å². The van der Waals surface area contributed by atoms with E-state index in [4.69, 9.17) is 4.74 Å². The van der Waals surface area contributed by atoms with E-state index in [1.54, 1.807) is 14.2 Å². The molecule has 1 N–H and O–H groups in total. The standard InChI is InChI=1S/C13H18BrF2NO/c1-13(2,18-4)7-10(17-3)11-9(15)6-5-8(14)12(11)16/h5-6,10,17H,7H2,1-4H3. The lowest BCUT2D eigenvalue weighted by atomic mass is 9.93. The molecule has 1 aromatic carbocycles. The highest BCUT2D eigenvalue weighted by molar-refractivity contribution is 9.10. The van der Waals surface area contributed by atoms with Crippen LogP contribution in [0.15, 0.2) is 16.6 Å². The molecule has 0 radical (unpaired) electrons. The molecule has 1 unspecified atom stereocenters. The van der Waals surface area contributed by atoms with Crippen LogP contribution in [0.3, 0.4) is 0 Å². The minimum Gasteiger partial charge on any atom is -0.379 e. The van der Waals surface area contributed by atoms with Gasteiger partial charge in [-0.25, -0.2) is 8.78 Å². The van der Waals surface area contributed by atoms with Crippen molar-refractivity contribution in [1.82, 2.24) is 5.32 Å². The van der Waals surface area contributed by atoms with E-state index in [2.05, 4.69) is 21.2 Å². The monoisotopic (exact) mass is 321 g/mol. The molecule has 0 saturated heterocycles. The number of hydrogen-bond donors (Lipinski definition) is 1. The van der Waals surface area contributed by atoms with Crippen molar-refractivity contribution in [3.63, 3.8) is 0 Å². The molecule has 1 aromatic rings. The smallest absolute Gasteiger partial charge is 0.145 e. The molecule has 2 nitrogen and oxygen atoms in total. The summed E-state index contributed by atoms with van der Waals surface area (Å²) in [5.41, 5.74) is -0.425. The van der Waals surface area contributed by atoms with Gasteiger partial charge in [0.15, 0.2) is 0 Å². The van der Waals surface area contributed by atoms with Crippen molar-refractivity contribution in [2.45, 2.75) is 31.9 Å². The average Bonchev–Trinajstić information content (AvgIpc) is 2.33. The van der Waals surface area contributed by atoms with E-state index < -0.39 is 23.3 Å². The zero-order valence-electron chi connectivity index (χ0n) is 11.0. The number of hydrogen-bond acceptors (Lipinski definition) is 2. The molecule has 1 atom stereocenters. The Hall–Kier alpha value is -0.520. The quantitative estimate of drug-likeness (QED) is 0.833. The number of methoxy groups -OCH3 is 1. The van der Waals surface area contributed by atoms with Crippen LogP contribution in [0.4, 0.5) is 8.78 Å². The first-order valence-electron chi connectivity index (χ1n) is 5.68. The molecule has 0 aliphatic heterocycles. The van der Waals surface area contributed by atoms with Gasteiger partial charge in [-0.15, -0.1) is 0 Å². The lowest BCUT2D eigenvalue weighted by Crippen LogP contribution is -2.31. The highest BCUT2D eigenvalue weighted by atomic mass is 79.9. The van der Waals surface area contributed by atoms with Crippen LogP contribution in [0.2, 0.25) is 0 Å². The summed E-state index contributed by atoms with van der Waals surface area (Å²) in [6.07, 6.45) is 0.463. The minimum absolute atomic E-state index is 0.0389. The van der Waals surface area contributed by atoms with Gasteiger partial charge in [0.25, 0.3) is 0 Å². The highest BCUT2D eigenvalue weighted by Gasteiger charge is 2.27. The summed E-state index contributed by atoms with van der Waals surface area (Å²) >= 11 is 3.07. The Morgan fingerprint density at radius 3 is 2.50 bits per heavy atom. The zero-order valence-corrected chi connectivity index (χ0v) is 12.6. The van der Waals surface area contributed by atoms with Gasteiger partial charge < -0.3 is 10.1 Å². The summed E-state index contributed by atoms with van der Waals surface area (Å²) in [5.74, 6) is -1.12. The summed E-state index contributed by atoms with van der Waals surface area (Å²) in [5, 5.41) is 2.94. The van der Waals surface area contributed by atoms with Gasteiger partial charge in [0.05, 0.1) is 10.1 Å². The molecule has 18 heavy (non-hydrogen) atoms. The third-order valence-corrected chi connectivity index (χ3v) is 3.64. The third kappa shape index (κ3) is 3.49. The number of rotatable bonds is 5. The second-order valence-corrected chi connectivity index (χ2v) is 5.62. The molecule has 0 amide bonds. The molecule has 0 aliphatic rings. The van der Waals surface area contributed by atoms with Crippen LogP contribution in [0, 0.1) is 11.6 Å². The maximum absolute atomic E-state index is 14.0.